The van der Waals surface area contributed by atoms with Crippen molar-refractivity contribution >= 4 is 29.1 Å². The third kappa shape index (κ3) is 4.74. The Hall–Kier alpha value is -3.17. The van der Waals surface area contributed by atoms with Gasteiger partial charge in [0.25, 0.3) is 5.91 Å². The molecule has 228 valence electrons. The Bertz CT molecular complexity index is 1230. The SMILES string of the molecule is CCCN1CC=C[C@@H]2O[C@]34C=CCN(c5ccc(N(CC)CC)cc5)C(=O)C3N([C@@H](CO)[C@@H](C)CC)C(=O)[C@@H]4[C@@H]2C1=O. The third-order valence-electron chi connectivity index (χ3n) is 9.81. The van der Waals surface area contributed by atoms with Crippen molar-refractivity contribution in [1.29, 1.82) is 0 Å². The zero-order chi connectivity index (χ0) is 30.2. The lowest BCUT2D eigenvalue weighted by atomic mass is 9.77. The molecule has 1 N–H and O–H groups in total. The molecular formula is C33H46N4O5. The molecule has 0 aromatic heterocycles. The van der Waals surface area contributed by atoms with Gasteiger partial charge in [0, 0.05) is 44.1 Å². The molecule has 0 bridgehead atoms. The highest BCUT2D eigenvalue weighted by Gasteiger charge is 2.72. The molecule has 9 nitrogen and oxygen atoms in total. The van der Waals surface area contributed by atoms with Crippen molar-refractivity contribution < 1.29 is 24.2 Å². The van der Waals surface area contributed by atoms with Gasteiger partial charge in [-0.2, -0.15) is 0 Å². The van der Waals surface area contributed by atoms with Gasteiger partial charge in [-0.1, -0.05) is 51.5 Å². The number of rotatable bonds is 10. The maximum Gasteiger partial charge on any atom is 0.253 e. The summed E-state index contributed by atoms with van der Waals surface area (Å²) in [4.78, 5) is 50.6. The second-order valence-electron chi connectivity index (χ2n) is 12.0. The minimum Gasteiger partial charge on any atom is -0.394 e. The van der Waals surface area contributed by atoms with E-state index < -0.39 is 35.6 Å². The van der Waals surface area contributed by atoms with E-state index in [1.165, 1.54) is 0 Å². The van der Waals surface area contributed by atoms with Crippen LogP contribution in [0.15, 0.2) is 48.6 Å². The van der Waals surface area contributed by atoms with Crippen LogP contribution in [0, 0.1) is 17.8 Å². The molecule has 2 fully saturated rings. The highest BCUT2D eigenvalue weighted by molar-refractivity contribution is 6.06. The van der Waals surface area contributed by atoms with Gasteiger partial charge < -0.3 is 29.4 Å². The molecule has 0 aliphatic carbocycles. The molecule has 5 rings (SSSR count). The Labute approximate surface area is 249 Å². The highest BCUT2D eigenvalue weighted by Crippen LogP contribution is 2.54. The molecule has 2 saturated heterocycles. The summed E-state index contributed by atoms with van der Waals surface area (Å²) in [5.74, 6) is -2.31. The van der Waals surface area contributed by atoms with Crippen LogP contribution in [0.5, 0.6) is 0 Å². The van der Waals surface area contributed by atoms with Gasteiger partial charge in [0.1, 0.15) is 11.6 Å². The number of carbonyl (C=O) groups is 3. The summed E-state index contributed by atoms with van der Waals surface area (Å²) in [6.45, 7) is 13.1. The number of likely N-dealkylation sites (tertiary alicyclic amines) is 1. The van der Waals surface area contributed by atoms with Gasteiger partial charge in [-0.3, -0.25) is 14.4 Å². The average Bonchev–Trinajstić information content (AvgIpc) is 3.32. The van der Waals surface area contributed by atoms with Crippen LogP contribution in [0.1, 0.15) is 47.5 Å². The summed E-state index contributed by atoms with van der Waals surface area (Å²) in [7, 11) is 0. The largest absolute Gasteiger partial charge is 0.394 e. The first-order valence-electron chi connectivity index (χ1n) is 15.7. The van der Waals surface area contributed by atoms with E-state index in [1.54, 1.807) is 14.7 Å². The number of hydrogen-bond donors (Lipinski definition) is 1. The van der Waals surface area contributed by atoms with Crippen molar-refractivity contribution in [2.24, 2.45) is 17.8 Å². The fourth-order valence-corrected chi connectivity index (χ4v) is 7.44. The number of benzene rings is 1. The first-order valence-corrected chi connectivity index (χ1v) is 15.7. The van der Waals surface area contributed by atoms with Crippen LogP contribution in [0.3, 0.4) is 0 Å². The topological polar surface area (TPSA) is 93.6 Å². The van der Waals surface area contributed by atoms with Gasteiger partial charge in [0.05, 0.1) is 30.6 Å². The Morgan fingerprint density at radius 1 is 1.00 bits per heavy atom. The molecule has 42 heavy (non-hydrogen) atoms. The number of amides is 3. The molecule has 0 saturated carbocycles. The smallest absolute Gasteiger partial charge is 0.253 e. The van der Waals surface area contributed by atoms with Crippen LogP contribution in [0.25, 0.3) is 0 Å². The number of aliphatic hydroxyl groups is 1. The molecule has 1 aromatic rings. The summed E-state index contributed by atoms with van der Waals surface area (Å²) in [5.41, 5.74) is 0.499. The molecule has 1 spiro atoms. The monoisotopic (exact) mass is 578 g/mol. The van der Waals surface area contributed by atoms with E-state index in [1.807, 2.05) is 69.3 Å². The maximum atomic E-state index is 14.7. The lowest BCUT2D eigenvalue weighted by Gasteiger charge is -2.40. The van der Waals surface area contributed by atoms with Gasteiger partial charge in [-0.05, 0) is 50.5 Å². The minimum absolute atomic E-state index is 0.0613. The van der Waals surface area contributed by atoms with E-state index >= 15 is 0 Å². The molecular weight excluding hydrogens is 532 g/mol. The number of aliphatic hydroxyl groups excluding tert-OH is 1. The Morgan fingerprint density at radius 3 is 2.33 bits per heavy atom. The lowest BCUT2D eigenvalue weighted by Crippen LogP contribution is -2.59. The van der Waals surface area contributed by atoms with Crippen LogP contribution in [0.4, 0.5) is 11.4 Å². The van der Waals surface area contributed by atoms with Crippen molar-refractivity contribution in [1.82, 2.24) is 9.80 Å². The van der Waals surface area contributed by atoms with Crippen molar-refractivity contribution in [3.05, 3.63) is 48.6 Å². The predicted octanol–water partition coefficient (Wildman–Crippen LogP) is 3.23. The Kier molecular flexibility index (Phi) is 8.81. The maximum absolute atomic E-state index is 14.7. The number of anilines is 2. The molecule has 9 heteroatoms. The third-order valence-corrected chi connectivity index (χ3v) is 9.81. The summed E-state index contributed by atoms with van der Waals surface area (Å²) in [6, 6.07) is 6.35. The fraction of sp³-hybridized carbons (Fsp3) is 0.606. The van der Waals surface area contributed by atoms with E-state index in [0.29, 0.717) is 19.6 Å². The second kappa shape index (κ2) is 12.2. The van der Waals surface area contributed by atoms with Gasteiger partial charge in [-0.25, -0.2) is 0 Å². The number of hydrogen-bond acceptors (Lipinski definition) is 6. The van der Waals surface area contributed by atoms with Gasteiger partial charge in [0.15, 0.2) is 0 Å². The number of carbonyl (C=O) groups excluding carboxylic acids is 3. The molecule has 1 unspecified atom stereocenters. The van der Waals surface area contributed by atoms with Crippen LogP contribution >= 0.6 is 0 Å². The van der Waals surface area contributed by atoms with E-state index in [4.69, 9.17) is 4.74 Å². The number of fused-ring (bicyclic) bond motifs is 2. The van der Waals surface area contributed by atoms with Crippen LogP contribution in [-0.2, 0) is 19.1 Å². The van der Waals surface area contributed by atoms with Crippen molar-refractivity contribution in [2.75, 3.05) is 49.1 Å². The zero-order valence-corrected chi connectivity index (χ0v) is 25.6. The molecule has 1 aromatic carbocycles. The number of nitrogens with zero attached hydrogens (tertiary/aromatic N) is 4. The average molecular weight is 579 g/mol. The first-order chi connectivity index (χ1) is 20.3. The van der Waals surface area contributed by atoms with E-state index in [2.05, 4.69) is 18.7 Å². The fourth-order valence-electron chi connectivity index (χ4n) is 7.44. The van der Waals surface area contributed by atoms with E-state index in [9.17, 15) is 19.5 Å². The van der Waals surface area contributed by atoms with Crippen LogP contribution in [-0.4, -0.2) is 95.7 Å². The Morgan fingerprint density at radius 2 is 1.71 bits per heavy atom. The first kappa shape index (κ1) is 30.3. The zero-order valence-electron chi connectivity index (χ0n) is 25.6. The molecule has 3 amide bonds. The van der Waals surface area contributed by atoms with Crippen molar-refractivity contribution in [3.8, 4) is 0 Å². The van der Waals surface area contributed by atoms with Crippen molar-refractivity contribution in [2.45, 2.75) is 71.2 Å². The lowest BCUT2D eigenvalue weighted by molar-refractivity contribution is -0.148. The second-order valence-corrected chi connectivity index (χ2v) is 12.0. The molecule has 0 radical (unpaired) electrons. The molecule has 4 heterocycles. The quantitative estimate of drug-likeness (QED) is 0.429. The van der Waals surface area contributed by atoms with Crippen LogP contribution in [0.2, 0.25) is 0 Å². The standard InChI is InChI=1S/C33H46N4O5/c1-6-18-35-19-10-12-26-27(30(35)39)28-31(40)37(25(21-38)22(5)7-2)29-32(41)36(20-11-17-33(28,29)42-26)24-15-13-23(14-16-24)34(8-3)9-4/h10-17,22,25-29,38H,6-9,18-21H2,1-5H3/t22-,25-,26-,27+,28-,29?,33-/m0/s1. The normalized spacial score (nSPS) is 30.1. The molecule has 4 aliphatic heterocycles. The van der Waals surface area contributed by atoms with Gasteiger partial charge in [0.2, 0.25) is 11.8 Å². The van der Waals surface area contributed by atoms with Gasteiger partial charge in [-0.15, -0.1) is 0 Å². The van der Waals surface area contributed by atoms with Crippen LogP contribution < -0.4 is 9.80 Å². The van der Waals surface area contributed by atoms with Crippen molar-refractivity contribution in [3.63, 3.8) is 0 Å². The van der Waals surface area contributed by atoms with E-state index in [-0.39, 0.29) is 30.2 Å². The molecule has 7 atom stereocenters. The van der Waals surface area contributed by atoms with E-state index in [0.717, 1.165) is 37.3 Å². The summed E-state index contributed by atoms with van der Waals surface area (Å²) in [6.07, 6.45) is 8.52. The Balaban J connectivity index is 1.60. The minimum atomic E-state index is -1.31. The summed E-state index contributed by atoms with van der Waals surface area (Å²) >= 11 is 0. The number of ether oxygens (including phenoxy) is 1. The summed E-state index contributed by atoms with van der Waals surface area (Å²) in [5, 5.41) is 10.6. The highest BCUT2D eigenvalue weighted by atomic mass is 16.5. The molecule has 4 aliphatic rings. The van der Waals surface area contributed by atoms with Gasteiger partial charge >= 0.3 is 0 Å². The predicted molar refractivity (Wildman–Crippen MR) is 163 cm³/mol. The summed E-state index contributed by atoms with van der Waals surface area (Å²) < 4.78 is 6.76.